The van der Waals surface area contributed by atoms with Crippen molar-refractivity contribution in [1.29, 1.82) is 0 Å². The first kappa shape index (κ1) is 13.6. The van der Waals surface area contributed by atoms with Crippen LogP contribution in [0.4, 0.5) is 0 Å². The fourth-order valence-electron chi connectivity index (χ4n) is 2.43. The van der Waals surface area contributed by atoms with Gasteiger partial charge >= 0.3 is 0 Å². The van der Waals surface area contributed by atoms with Crippen LogP contribution in [0, 0.1) is 12.8 Å². The molecule has 0 aliphatic heterocycles. The summed E-state index contributed by atoms with van der Waals surface area (Å²) < 4.78 is 0. The van der Waals surface area contributed by atoms with E-state index in [1.807, 2.05) is 0 Å². The Morgan fingerprint density at radius 3 is 2.50 bits per heavy atom. The molecule has 0 spiro atoms. The molecule has 1 fully saturated rings. The van der Waals surface area contributed by atoms with Gasteiger partial charge in [0.2, 0.25) is 0 Å². The molecule has 1 aliphatic rings. The van der Waals surface area contributed by atoms with E-state index >= 15 is 0 Å². The summed E-state index contributed by atoms with van der Waals surface area (Å²) in [4.78, 5) is 0. The van der Waals surface area contributed by atoms with Crippen molar-refractivity contribution in [2.75, 3.05) is 13.2 Å². The molecule has 0 bridgehead atoms. The molecule has 0 heterocycles. The lowest BCUT2D eigenvalue weighted by atomic mass is 10.0. The van der Waals surface area contributed by atoms with E-state index in [1.165, 1.54) is 24.0 Å². The van der Waals surface area contributed by atoms with Crippen molar-refractivity contribution >= 4 is 0 Å². The highest BCUT2D eigenvalue weighted by molar-refractivity contribution is 5.25. The van der Waals surface area contributed by atoms with Gasteiger partial charge in [-0.05, 0) is 57.1 Å². The van der Waals surface area contributed by atoms with E-state index in [1.54, 1.807) is 0 Å². The van der Waals surface area contributed by atoms with Crippen LogP contribution in [-0.4, -0.2) is 18.3 Å². The van der Waals surface area contributed by atoms with Gasteiger partial charge in [0.05, 0.1) is 0 Å². The molecule has 0 saturated heterocycles. The molecule has 1 aromatic rings. The van der Waals surface area contributed by atoms with E-state index in [-0.39, 0.29) is 0 Å². The minimum atomic E-state index is 0.323. The van der Waals surface area contributed by atoms with Gasteiger partial charge < -0.3 is 10.4 Å². The Kier molecular flexibility index (Phi) is 5.21. The predicted molar refractivity (Wildman–Crippen MR) is 75.6 cm³/mol. The Morgan fingerprint density at radius 1 is 1.17 bits per heavy atom. The van der Waals surface area contributed by atoms with E-state index in [0.717, 1.165) is 31.7 Å². The van der Waals surface area contributed by atoms with Gasteiger partial charge in [-0.3, -0.25) is 0 Å². The number of rotatable bonds is 8. The summed E-state index contributed by atoms with van der Waals surface area (Å²) in [6.45, 7) is 3.53. The van der Waals surface area contributed by atoms with Crippen molar-refractivity contribution in [3.63, 3.8) is 0 Å². The molecule has 0 amide bonds. The first-order chi connectivity index (χ1) is 8.81. The maximum Gasteiger partial charge on any atom is 0.0431 e. The molecule has 18 heavy (non-hydrogen) atoms. The second-order valence-corrected chi connectivity index (χ2v) is 5.46. The standard InChI is InChI=1S/C16H25NO/c1-13-5-7-14(8-6-13)16(15-9-10-15)17-11-3-2-4-12-18/h5-8,15-18H,2-4,9-12H2,1H3. The maximum atomic E-state index is 8.76. The number of unbranched alkanes of at least 4 members (excludes halogenated alkanes) is 2. The van der Waals surface area contributed by atoms with Gasteiger partial charge in [-0.25, -0.2) is 0 Å². The molecule has 2 rings (SSSR count). The third kappa shape index (κ3) is 4.11. The number of aliphatic hydroxyl groups is 1. The van der Waals surface area contributed by atoms with E-state index in [4.69, 9.17) is 5.11 Å². The molecule has 1 unspecified atom stereocenters. The molecular weight excluding hydrogens is 222 g/mol. The van der Waals surface area contributed by atoms with Crippen molar-refractivity contribution in [3.05, 3.63) is 35.4 Å². The van der Waals surface area contributed by atoms with Crippen LogP contribution >= 0.6 is 0 Å². The van der Waals surface area contributed by atoms with Gasteiger partial charge in [0.25, 0.3) is 0 Å². The number of hydrogen-bond acceptors (Lipinski definition) is 2. The predicted octanol–water partition coefficient (Wildman–Crippen LogP) is 3.20. The molecule has 1 saturated carbocycles. The van der Waals surface area contributed by atoms with E-state index in [9.17, 15) is 0 Å². The number of benzene rings is 1. The molecule has 1 aliphatic carbocycles. The first-order valence-corrected chi connectivity index (χ1v) is 7.22. The smallest absolute Gasteiger partial charge is 0.0431 e. The molecular formula is C16H25NO. The third-order valence-corrected chi connectivity index (χ3v) is 3.73. The zero-order valence-corrected chi connectivity index (χ0v) is 11.4. The zero-order valence-electron chi connectivity index (χ0n) is 11.4. The highest BCUT2D eigenvalue weighted by Gasteiger charge is 2.31. The highest BCUT2D eigenvalue weighted by Crippen LogP contribution is 2.40. The van der Waals surface area contributed by atoms with Crippen LogP contribution in [0.2, 0.25) is 0 Å². The monoisotopic (exact) mass is 247 g/mol. The minimum absolute atomic E-state index is 0.323. The first-order valence-electron chi connectivity index (χ1n) is 7.22. The molecule has 2 heteroatoms. The van der Waals surface area contributed by atoms with Gasteiger partial charge in [-0.15, -0.1) is 0 Å². The number of aryl methyl sites for hydroxylation is 1. The topological polar surface area (TPSA) is 32.3 Å². The molecule has 2 N–H and O–H groups in total. The third-order valence-electron chi connectivity index (χ3n) is 3.73. The number of nitrogens with one attached hydrogen (secondary N) is 1. The van der Waals surface area contributed by atoms with Crippen LogP contribution in [0.1, 0.15) is 49.3 Å². The zero-order chi connectivity index (χ0) is 12.8. The minimum Gasteiger partial charge on any atom is -0.396 e. The molecule has 1 aromatic carbocycles. The van der Waals surface area contributed by atoms with Crippen LogP contribution in [-0.2, 0) is 0 Å². The quantitative estimate of drug-likeness (QED) is 0.691. The molecule has 2 nitrogen and oxygen atoms in total. The van der Waals surface area contributed by atoms with Crippen molar-refractivity contribution in [2.45, 2.75) is 45.1 Å². The summed E-state index contributed by atoms with van der Waals surface area (Å²) in [6, 6.07) is 9.48. The van der Waals surface area contributed by atoms with Crippen LogP contribution in [0.15, 0.2) is 24.3 Å². The highest BCUT2D eigenvalue weighted by atomic mass is 16.2. The van der Waals surface area contributed by atoms with Gasteiger partial charge in [-0.2, -0.15) is 0 Å². The Hall–Kier alpha value is -0.860. The van der Waals surface area contributed by atoms with E-state index in [0.29, 0.717) is 12.6 Å². The molecule has 100 valence electrons. The van der Waals surface area contributed by atoms with Crippen LogP contribution in [0.5, 0.6) is 0 Å². The van der Waals surface area contributed by atoms with Gasteiger partial charge in [0.1, 0.15) is 0 Å². The normalized spacial score (nSPS) is 16.8. The lowest BCUT2D eigenvalue weighted by Gasteiger charge is -2.19. The Morgan fingerprint density at radius 2 is 1.89 bits per heavy atom. The number of aliphatic hydroxyl groups excluding tert-OH is 1. The Bertz CT molecular complexity index is 343. The molecule has 1 atom stereocenters. The average Bonchev–Trinajstić information content (AvgIpc) is 3.20. The number of hydrogen-bond donors (Lipinski definition) is 2. The lowest BCUT2D eigenvalue weighted by molar-refractivity contribution is 0.282. The average molecular weight is 247 g/mol. The second-order valence-electron chi connectivity index (χ2n) is 5.46. The van der Waals surface area contributed by atoms with Crippen molar-refractivity contribution in [1.82, 2.24) is 5.32 Å². The summed E-state index contributed by atoms with van der Waals surface area (Å²) in [5, 5.41) is 12.5. The van der Waals surface area contributed by atoms with E-state index in [2.05, 4.69) is 36.5 Å². The Balaban J connectivity index is 1.82. The lowest BCUT2D eigenvalue weighted by Crippen LogP contribution is -2.24. The fraction of sp³-hybridized carbons (Fsp3) is 0.625. The SMILES string of the molecule is Cc1ccc(C(NCCCCCO)C2CC2)cc1. The van der Waals surface area contributed by atoms with Crippen molar-refractivity contribution < 1.29 is 5.11 Å². The van der Waals surface area contributed by atoms with Crippen molar-refractivity contribution in [3.8, 4) is 0 Å². The van der Waals surface area contributed by atoms with Gasteiger partial charge in [-0.1, -0.05) is 29.8 Å². The largest absolute Gasteiger partial charge is 0.396 e. The van der Waals surface area contributed by atoms with E-state index < -0.39 is 0 Å². The Labute approximate surface area is 110 Å². The van der Waals surface area contributed by atoms with Crippen LogP contribution in [0.25, 0.3) is 0 Å². The van der Waals surface area contributed by atoms with Crippen molar-refractivity contribution in [2.24, 2.45) is 5.92 Å². The van der Waals surface area contributed by atoms with Crippen LogP contribution in [0.3, 0.4) is 0 Å². The van der Waals surface area contributed by atoms with Crippen LogP contribution < -0.4 is 5.32 Å². The summed E-state index contributed by atoms with van der Waals surface area (Å²) in [6.07, 6.45) is 5.94. The summed E-state index contributed by atoms with van der Waals surface area (Å²) in [7, 11) is 0. The molecule has 0 aromatic heterocycles. The summed E-state index contributed by atoms with van der Waals surface area (Å²) >= 11 is 0. The van der Waals surface area contributed by atoms with Gasteiger partial charge in [0, 0.05) is 12.6 Å². The summed E-state index contributed by atoms with van der Waals surface area (Å²) in [5.74, 6) is 0.838. The summed E-state index contributed by atoms with van der Waals surface area (Å²) in [5.41, 5.74) is 2.77. The van der Waals surface area contributed by atoms with Gasteiger partial charge in [0.15, 0.2) is 0 Å². The maximum absolute atomic E-state index is 8.76. The fourth-order valence-corrected chi connectivity index (χ4v) is 2.43. The second kappa shape index (κ2) is 6.91. The molecule has 0 radical (unpaired) electrons.